The van der Waals surface area contributed by atoms with Gasteiger partial charge in [-0.15, -0.1) is 0 Å². The monoisotopic (exact) mass is 266 g/mol. The molecule has 0 spiro atoms. The molecule has 0 nitrogen and oxygen atoms in total. The Bertz CT molecular complexity index is 23.6. The summed E-state index contributed by atoms with van der Waals surface area (Å²) in [4.78, 5) is 0. The molecule has 0 N–H and O–H groups in total. The number of alkyl halides is 2. The minimum atomic E-state index is 0.465. The second-order valence-corrected chi connectivity index (χ2v) is 4.35. The third-order valence-electron chi connectivity index (χ3n) is 0.127. The number of hydrogen-bond acceptors (Lipinski definition) is 1. The van der Waals surface area contributed by atoms with E-state index < -0.39 is 0 Å². The topological polar surface area (TPSA) is 0 Å². The maximum absolute atomic E-state index is 4.04. The predicted molar refractivity (Wildman–Crippen MR) is 40.6 cm³/mol. The molecular weight excluding hydrogens is 263 g/mol. The van der Waals surface area contributed by atoms with Gasteiger partial charge in [0, 0.05) is 5.33 Å². The fraction of sp³-hybridized carbons (Fsp3) is 1.00. The van der Waals surface area contributed by atoms with E-state index in [0.717, 1.165) is 5.33 Å². The van der Waals surface area contributed by atoms with Crippen LogP contribution in [0.15, 0.2) is 0 Å². The summed E-state index contributed by atoms with van der Waals surface area (Å²) in [6.07, 6.45) is 0. The molecule has 0 bridgehead atoms. The summed E-state index contributed by atoms with van der Waals surface area (Å²) in [5.41, 5.74) is 0. The van der Waals surface area contributed by atoms with Crippen molar-refractivity contribution in [2.24, 2.45) is 0 Å². The molecule has 32 valence electrons. The van der Waals surface area contributed by atoms with E-state index in [0.29, 0.717) is 3.26 Å². The first-order valence-electron chi connectivity index (χ1n) is 1.15. The highest BCUT2D eigenvalue weighted by Crippen LogP contribution is 2.06. The number of thiol groups is 1. The van der Waals surface area contributed by atoms with Crippen molar-refractivity contribution in [3.05, 3.63) is 0 Å². The van der Waals surface area contributed by atoms with Gasteiger partial charge in [0.1, 0.15) is 0 Å². The highest BCUT2D eigenvalue weighted by molar-refractivity contribution is 14.1. The summed E-state index contributed by atoms with van der Waals surface area (Å²) in [5.74, 6) is 0. The summed E-state index contributed by atoms with van der Waals surface area (Å²) in [6.45, 7) is 0. The van der Waals surface area contributed by atoms with E-state index >= 15 is 0 Å². The molecule has 0 fully saturated rings. The molecular formula is C2H4BrIS. The highest BCUT2D eigenvalue weighted by Gasteiger charge is 1.85. The lowest BCUT2D eigenvalue weighted by Crippen LogP contribution is -1.80. The molecule has 0 amide bonds. The second kappa shape index (κ2) is 3.74. The number of hydrogen-bond donors (Lipinski definition) is 1. The highest BCUT2D eigenvalue weighted by atomic mass is 127. The van der Waals surface area contributed by atoms with Crippen LogP contribution in [-0.4, -0.2) is 8.59 Å². The van der Waals surface area contributed by atoms with Crippen LogP contribution >= 0.6 is 51.1 Å². The lowest BCUT2D eigenvalue weighted by Gasteiger charge is -1.85. The quantitative estimate of drug-likeness (QED) is 0.419. The minimum absolute atomic E-state index is 0.465. The number of halogens is 2. The van der Waals surface area contributed by atoms with Gasteiger partial charge in [-0.3, -0.25) is 0 Å². The van der Waals surface area contributed by atoms with E-state index in [1.165, 1.54) is 0 Å². The van der Waals surface area contributed by atoms with E-state index in [9.17, 15) is 0 Å². The average Bonchev–Trinajstić information content (AvgIpc) is 1.38. The molecule has 0 saturated heterocycles. The Morgan fingerprint density at radius 1 is 2.00 bits per heavy atom. The average molecular weight is 267 g/mol. The first-order valence-corrected chi connectivity index (χ1v) is 4.04. The van der Waals surface area contributed by atoms with Gasteiger partial charge in [-0.2, -0.15) is 12.6 Å². The van der Waals surface area contributed by atoms with Crippen molar-refractivity contribution in [2.45, 2.75) is 3.26 Å². The van der Waals surface area contributed by atoms with Crippen molar-refractivity contribution in [3.63, 3.8) is 0 Å². The van der Waals surface area contributed by atoms with Gasteiger partial charge in [0.25, 0.3) is 0 Å². The Morgan fingerprint density at radius 3 is 2.20 bits per heavy atom. The molecule has 0 saturated carbocycles. The lowest BCUT2D eigenvalue weighted by molar-refractivity contribution is 1.55. The van der Waals surface area contributed by atoms with E-state index in [4.69, 9.17) is 0 Å². The molecule has 0 aliphatic carbocycles. The van der Waals surface area contributed by atoms with Gasteiger partial charge in [-0.1, -0.05) is 38.5 Å². The summed E-state index contributed by atoms with van der Waals surface area (Å²) >= 11 is 9.49. The summed E-state index contributed by atoms with van der Waals surface area (Å²) in [5, 5.41) is 0.969. The minimum Gasteiger partial charge on any atom is -0.164 e. The van der Waals surface area contributed by atoms with Gasteiger partial charge >= 0.3 is 0 Å². The van der Waals surface area contributed by atoms with Crippen LogP contribution in [0.1, 0.15) is 0 Å². The van der Waals surface area contributed by atoms with Crippen LogP contribution < -0.4 is 0 Å². The molecule has 1 atom stereocenters. The predicted octanol–water partition coefficient (Wildman–Crippen LogP) is 2.07. The van der Waals surface area contributed by atoms with E-state index in [1.807, 2.05) is 0 Å². The standard InChI is InChI=1S/C2H4BrIS/c3-1-2(4)5/h2,5H,1H2. The Kier molecular flexibility index (Phi) is 4.91. The Hall–Kier alpha value is 1.56. The van der Waals surface area contributed by atoms with Crippen LogP contribution in [0.2, 0.25) is 0 Å². The van der Waals surface area contributed by atoms with E-state index in [-0.39, 0.29) is 0 Å². The molecule has 0 rings (SSSR count). The zero-order valence-corrected chi connectivity index (χ0v) is 7.13. The van der Waals surface area contributed by atoms with E-state index in [1.54, 1.807) is 0 Å². The van der Waals surface area contributed by atoms with Crippen molar-refractivity contribution in [1.29, 1.82) is 0 Å². The maximum Gasteiger partial charge on any atom is 0.0631 e. The molecule has 0 aliphatic rings. The Balaban J connectivity index is 2.54. The van der Waals surface area contributed by atoms with Gasteiger partial charge in [-0.25, -0.2) is 0 Å². The molecule has 0 aromatic heterocycles. The van der Waals surface area contributed by atoms with Gasteiger partial charge < -0.3 is 0 Å². The molecule has 0 aliphatic heterocycles. The summed E-state index contributed by atoms with van der Waals surface area (Å²) in [7, 11) is 0. The third kappa shape index (κ3) is 5.56. The fourth-order valence-electron chi connectivity index (χ4n) is 0. The van der Waals surface area contributed by atoms with Crippen LogP contribution in [0.4, 0.5) is 0 Å². The maximum atomic E-state index is 4.04. The molecule has 0 aromatic carbocycles. The van der Waals surface area contributed by atoms with Crippen LogP contribution in [0.25, 0.3) is 0 Å². The van der Waals surface area contributed by atoms with Crippen LogP contribution in [0.3, 0.4) is 0 Å². The molecule has 0 heterocycles. The number of rotatable bonds is 1. The second-order valence-electron chi connectivity index (χ2n) is 0.589. The summed E-state index contributed by atoms with van der Waals surface area (Å²) in [6, 6.07) is 0. The molecule has 0 radical (unpaired) electrons. The molecule has 1 unspecified atom stereocenters. The molecule has 5 heavy (non-hydrogen) atoms. The van der Waals surface area contributed by atoms with Crippen molar-refractivity contribution < 1.29 is 0 Å². The Morgan fingerprint density at radius 2 is 2.20 bits per heavy atom. The lowest BCUT2D eigenvalue weighted by atomic mass is 11.0. The van der Waals surface area contributed by atoms with Gasteiger partial charge in [-0.05, 0) is 0 Å². The largest absolute Gasteiger partial charge is 0.164 e. The zero-order valence-electron chi connectivity index (χ0n) is 2.49. The van der Waals surface area contributed by atoms with Crippen molar-refractivity contribution in [2.75, 3.05) is 5.33 Å². The zero-order chi connectivity index (χ0) is 4.28. The Labute approximate surface area is 59.4 Å². The van der Waals surface area contributed by atoms with Crippen molar-refractivity contribution >= 4 is 51.1 Å². The first-order chi connectivity index (χ1) is 2.27. The third-order valence-corrected chi connectivity index (χ3v) is 3.11. The molecule has 3 heteroatoms. The summed E-state index contributed by atoms with van der Waals surface area (Å²) < 4.78 is 0.465. The van der Waals surface area contributed by atoms with Crippen molar-refractivity contribution in [3.8, 4) is 0 Å². The van der Waals surface area contributed by atoms with Crippen LogP contribution in [0, 0.1) is 0 Å². The van der Waals surface area contributed by atoms with Crippen molar-refractivity contribution in [1.82, 2.24) is 0 Å². The van der Waals surface area contributed by atoms with Gasteiger partial charge in [0.05, 0.1) is 3.26 Å². The van der Waals surface area contributed by atoms with Crippen LogP contribution in [0.5, 0.6) is 0 Å². The SMILES string of the molecule is SC(I)CBr. The fourth-order valence-corrected chi connectivity index (χ4v) is 0. The van der Waals surface area contributed by atoms with Gasteiger partial charge in [0.2, 0.25) is 0 Å². The first kappa shape index (κ1) is 6.56. The normalized spacial score (nSPS) is 15.0. The van der Waals surface area contributed by atoms with Gasteiger partial charge in [0.15, 0.2) is 0 Å². The molecule has 0 aromatic rings. The van der Waals surface area contributed by atoms with Crippen LogP contribution in [-0.2, 0) is 0 Å². The van der Waals surface area contributed by atoms with E-state index in [2.05, 4.69) is 51.1 Å². The smallest absolute Gasteiger partial charge is 0.0631 e.